The van der Waals surface area contributed by atoms with Gasteiger partial charge in [0.05, 0.1) is 25.7 Å². The maximum Gasteiger partial charge on any atom is 0.305 e. The molecule has 26 heteroatoms. The van der Waals surface area contributed by atoms with Gasteiger partial charge in [-0.05, 0) is 97.9 Å². The summed E-state index contributed by atoms with van der Waals surface area (Å²) in [7, 11) is 1.41. The SMILES string of the molecule is CN[C@@H](CC(=O)O)C(=O)N[C@@H](CC1CCCCC1)C(=O)N[C@@H](Cc1ccccc1)C(=O)N[C@H](CO)C(=O)N[C@H](CCCN=C(N)N)C(=O)N[C@@H](Cc1ccc(O)cc1)C(=O)N[C@@H](CC(C)C)C(=O)N[C@@H](CC1=CCc2ccccc21)C(=O)N[C@@H](CO)C(C)=O. The standard InChI is InChI=1S/C63H88N12O14/c1-36(2)28-47(57(84)73-51(61(88)74-52(34-76)37(3)78)32-42-24-23-41-18-11-12-19-44(41)42)69-58(85)50(31-40-21-25-43(79)26-22-40)70-55(82)45(20-13-27-67-63(64)65)68-62(89)53(35-77)75-60(87)49(30-39-16-9-6-10-17-39)72-59(86)48(29-38-14-7-5-8-15-38)71-56(83)46(66-4)33-54(80)81/h6,9-12,16-19,21-22,24-26,36,38,45-53,66,76-77,79H,5,7-8,13-15,20,23,27-35H2,1-4H3,(H,68,89)(H,69,85)(H,70,82)(H,71,83)(H,72,86)(H,73,84)(H,74,88)(H,75,87)(H,80,81)(H4,64,65,67)/t45-,46+,47+,48+,49+,50+,51+,52+,53-/m1/s1. The second-order valence-corrected chi connectivity index (χ2v) is 23.1. The number of hydrogen-bond donors (Lipinski definition) is 15. The first-order chi connectivity index (χ1) is 42.5. The van der Waals surface area contributed by atoms with Gasteiger partial charge in [0.25, 0.3) is 0 Å². The Morgan fingerprint density at radius 2 is 1.03 bits per heavy atom. The fraction of sp³-hybridized carbons (Fsp3) is 0.508. The van der Waals surface area contributed by atoms with Crippen molar-refractivity contribution in [3.63, 3.8) is 0 Å². The van der Waals surface area contributed by atoms with Gasteiger partial charge in [0.15, 0.2) is 11.7 Å². The number of amides is 8. The normalized spacial score (nSPS) is 15.9. The summed E-state index contributed by atoms with van der Waals surface area (Å²) in [4.78, 5) is 142. The van der Waals surface area contributed by atoms with Crippen molar-refractivity contribution in [2.45, 2.75) is 165 Å². The number of phenolic OH excluding ortho intramolecular Hbond substituents is 1. The van der Waals surface area contributed by atoms with Crippen LogP contribution in [0.15, 0.2) is 89.9 Å². The number of carbonyl (C=O) groups excluding carboxylic acids is 9. The summed E-state index contributed by atoms with van der Waals surface area (Å²) in [5.74, 6) is -9.21. The Kier molecular flexibility index (Phi) is 28.6. The van der Waals surface area contributed by atoms with Crippen molar-refractivity contribution in [3.8, 4) is 5.75 Å². The molecular formula is C63H88N12O14. The number of aliphatic hydroxyl groups is 2. The van der Waals surface area contributed by atoms with Crippen LogP contribution < -0.4 is 59.3 Å². The Balaban J connectivity index is 1.41. The first-order valence-corrected chi connectivity index (χ1v) is 30.2. The van der Waals surface area contributed by atoms with E-state index < -0.39 is 133 Å². The zero-order valence-electron chi connectivity index (χ0n) is 50.9. The molecule has 0 bridgehead atoms. The topological polar surface area (TPSA) is 424 Å². The number of allylic oxidation sites excluding steroid dienone is 1. The van der Waals surface area contributed by atoms with Crippen molar-refractivity contribution < 1.29 is 68.4 Å². The Labute approximate surface area is 518 Å². The number of nitrogens with two attached hydrogens (primary N) is 2. The summed E-state index contributed by atoms with van der Waals surface area (Å²) in [6, 6.07) is 9.33. The van der Waals surface area contributed by atoms with E-state index in [4.69, 9.17) is 11.5 Å². The van der Waals surface area contributed by atoms with E-state index in [1.54, 1.807) is 44.2 Å². The predicted molar refractivity (Wildman–Crippen MR) is 331 cm³/mol. The molecule has 0 heterocycles. The number of carboxylic acids is 1. The average Bonchev–Trinajstić information content (AvgIpc) is 3.56. The lowest BCUT2D eigenvalue weighted by atomic mass is 9.84. The Morgan fingerprint density at radius 1 is 0.562 bits per heavy atom. The number of hydrogen-bond acceptors (Lipinski definition) is 15. The monoisotopic (exact) mass is 1240 g/mol. The van der Waals surface area contributed by atoms with E-state index in [-0.39, 0.29) is 75.0 Å². The molecule has 89 heavy (non-hydrogen) atoms. The van der Waals surface area contributed by atoms with E-state index in [1.807, 2.05) is 30.3 Å². The van der Waals surface area contributed by atoms with Crippen molar-refractivity contribution in [3.05, 3.63) is 107 Å². The summed E-state index contributed by atoms with van der Waals surface area (Å²) < 4.78 is 0. The molecule has 0 spiro atoms. The number of aliphatic carboxylic acids is 1. The molecule has 17 N–H and O–H groups in total. The summed E-state index contributed by atoms with van der Waals surface area (Å²) in [5.41, 5.74) is 14.8. The van der Waals surface area contributed by atoms with Crippen LogP contribution in [0.3, 0.4) is 0 Å². The Bertz CT molecular complexity index is 2970. The average molecular weight is 1240 g/mol. The zero-order valence-corrected chi connectivity index (χ0v) is 50.9. The molecule has 1 fully saturated rings. The quantitative estimate of drug-likeness (QED) is 0.0203. The summed E-state index contributed by atoms with van der Waals surface area (Å²) in [6.45, 7) is 3.05. The second kappa shape index (κ2) is 35.9. The molecule has 0 aromatic heterocycles. The summed E-state index contributed by atoms with van der Waals surface area (Å²) >= 11 is 0. The largest absolute Gasteiger partial charge is 0.508 e. The predicted octanol–water partition coefficient (Wildman–Crippen LogP) is -0.208. The van der Waals surface area contributed by atoms with Crippen LogP contribution in [0.5, 0.6) is 5.75 Å². The molecule has 5 rings (SSSR count). The van der Waals surface area contributed by atoms with Gasteiger partial charge in [-0.2, -0.15) is 0 Å². The number of nitrogens with one attached hydrogen (secondary N) is 9. The van der Waals surface area contributed by atoms with Crippen LogP contribution in [0, 0.1) is 11.8 Å². The highest BCUT2D eigenvalue weighted by atomic mass is 16.4. The lowest BCUT2D eigenvalue weighted by molar-refractivity contribution is -0.140. The highest BCUT2D eigenvalue weighted by molar-refractivity contribution is 5.99. The Morgan fingerprint density at radius 3 is 1.60 bits per heavy atom. The van der Waals surface area contributed by atoms with Gasteiger partial charge in [-0.1, -0.05) is 119 Å². The number of benzene rings is 3. The van der Waals surface area contributed by atoms with E-state index in [0.717, 1.165) is 48.8 Å². The van der Waals surface area contributed by atoms with Gasteiger partial charge in [0, 0.05) is 25.8 Å². The Hall–Kier alpha value is -8.75. The first-order valence-electron chi connectivity index (χ1n) is 30.2. The molecule has 26 nitrogen and oxygen atoms in total. The van der Waals surface area contributed by atoms with E-state index >= 15 is 0 Å². The third-order valence-electron chi connectivity index (χ3n) is 15.6. The molecular weight excluding hydrogens is 1150 g/mol. The maximum atomic E-state index is 14.7. The van der Waals surface area contributed by atoms with Crippen molar-refractivity contribution in [1.29, 1.82) is 0 Å². The fourth-order valence-electron chi connectivity index (χ4n) is 10.7. The number of aromatic hydroxyl groups is 1. The number of rotatable bonds is 36. The molecule has 0 aliphatic heterocycles. The summed E-state index contributed by atoms with van der Waals surface area (Å²) in [5, 5.41) is 64.2. The number of ketones is 1. The molecule has 9 atom stereocenters. The minimum Gasteiger partial charge on any atom is -0.508 e. The van der Waals surface area contributed by atoms with Gasteiger partial charge < -0.3 is 79.7 Å². The van der Waals surface area contributed by atoms with Crippen LogP contribution >= 0.6 is 0 Å². The number of carbonyl (C=O) groups is 10. The van der Waals surface area contributed by atoms with Crippen molar-refractivity contribution in [1.82, 2.24) is 47.9 Å². The molecule has 0 radical (unpaired) electrons. The van der Waals surface area contributed by atoms with Gasteiger partial charge >= 0.3 is 5.97 Å². The van der Waals surface area contributed by atoms with Gasteiger partial charge in [0.2, 0.25) is 47.3 Å². The van der Waals surface area contributed by atoms with Crippen molar-refractivity contribution in [2.75, 3.05) is 26.8 Å². The molecule has 0 unspecified atom stereocenters. The third kappa shape index (κ3) is 23.4. The third-order valence-corrected chi connectivity index (χ3v) is 15.6. The lowest BCUT2D eigenvalue weighted by Crippen LogP contribution is -2.61. The van der Waals surface area contributed by atoms with Crippen LogP contribution in [0.2, 0.25) is 0 Å². The van der Waals surface area contributed by atoms with Gasteiger partial charge in [-0.25, -0.2) is 0 Å². The number of aliphatic hydroxyl groups excluding tert-OH is 2. The zero-order chi connectivity index (χ0) is 65.2. The van der Waals surface area contributed by atoms with Crippen LogP contribution in [0.1, 0.15) is 114 Å². The van der Waals surface area contributed by atoms with E-state index in [9.17, 15) is 68.4 Å². The maximum absolute atomic E-state index is 14.7. The molecule has 3 aromatic rings. The molecule has 3 aromatic carbocycles. The van der Waals surface area contributed by atoms with Gasteiger partial charge in [-0.15, -0.1) is 0 Å². The highest BCUT2D eigenvalue weighted by Crippen LogP contribution is 2.31. The number of guanidine groups is 1. The highest BCUT2D eigenvalue weighted by Gasteiger charge is 2.37. The minimum atomic E-state index is -1.76. The molecule has 2 aliphatic rings. The minimum absolute atomic E-state index is 0.0211. The number of likely N-dealkylation sites (N-methyl/N-ethyl adjacent to an activating group) is 1. The number of nitrogens with zero attached hydrogens (tertiary/aromatic N) is 1. The first kappa shape index (κ1) is 71.0. The van der Waals surface area contributed by atoms with E-state index in [1.165, 1.54) is 38.2 Å². The molecule has 8 amide bonds. The molecule has 484 valence electrons. The van der Waals surface area contributed by atoms with E-state index in [2.05, 4.69) is 52.8 Å². The van der Waals surface area contributed by atoms with Crippen LogP contribution in [0.25, 0.3) is 5.57 Å². The van der Waals surface area contributed by atoms with Crippen molar-refractivity contribution in [2.24, 2.45) is 28.3 Å². The smallest absolute Gasteiger partial charge is 0.305 e. The molecule has 2 aliphatic carbocycles. The number of carboxylic acid groups (broad SMARTS) is 1. The summed E-state index contributed by atoms with van der Waals surface area (Å²) in [6.07, 6.45) is 6.01. The second-order valence-electron chi connectivity index (χ2n) is 23.1. The lowest BCUT2D eigenvalue weighted by Gasteiger charge is -2.29. The fourth-order valence-corrected chi connectivity index (χ4v) is 10.7. The molecule has 1 saturated carbocycles. The van der Waals surface area contributed by atoms with Crippen LogP contribution in [-0.2, 0) is 67.2 Å². The van der Waals surface area contributed by atoms with Gasteiger partial charge in [0.1, 0.15) is 54.1 Å². The number of phenols is 1. The number of fused-ring (bicyclic) bond motifs is 1. The molecule has 0 saturated heterocycles. The van der Waals surface area contributed by atoms with Crippen LogP contribution in [0.4, 0.5) is 0 Å². The number of aliphatic imine (C=N–C) groups is 1. The van der Waals surface area contributed by atoms with Crippen LogP contribution in [-0.4, -0.2) is 167 Å². The van der Waals surface area contributed by atoms with Crippen molar-refractivity contribution >= 4 is 70.5 Å². The van der Waals surface area contributed by atoms with E-state index in [0.29, 0.717) is 17.5 Å². The number of Topliss-reactive ketones (excluding diaryl/α,β-unsaturated/α-hetero) is 1. The van der Waals surface area contributed by atoms with Gasteiger partial charge in [-0.3, -0.25) is 52.9 Å².